The predicted octanol–water partition coefficient (Wildman–Crippen LogP) is 2.89. The summed E-state index contributed by atoms with van der Waals surface area (Å²) in [6, 6.07) is 10.8. The van der Waals surface area contributed by atoms with Gasteiger partial charge in [0.2, 0.25) is 0 Å². The maximum absolute atomic E-state index is 12.8. The van der Waals surface area contributed by atoms with Crippen molar-refractivity contribution in [3.05, 3.63) is 64.7 Å². The predicted molar refractivity (Wildman–Crippen MR) is 111 cm³/mol. The summed E-state index contributed by atoms with van der Waals surface area (Å²) in [6.45, 7) is 2.82. The minimum atomic E-state index is -0.480. The second-order valence-electron chi connectivity index (χ2n) is 7.37. The molecule has 2 aromatic carbocycles. The highest BCUT2D eigenvalue weighted by atomic mass is 16.5. The van der Waals surface area contributed by atoms with E-state index in [9.17, 15) is 19.2 Å². The van der Waals surface area contributed by atoms with Crippen LogP contribution in [0.25, 0.3) is 0 Å². The SMILES string of the molecule is CCOC(=O)c1cccc(NC(=O)c2ccc3c(c2)C(=O)N(C[C@@H]2CCCO2)C3=O)c1. The molecule has 2 aliphatic rings. The van der Waals surface area contributed by atoms with E-state index in [4.69, 9.17) is 9.47 Å². The monoisotopic (exact) mass is 422 g/mol. The number of carbonyl (C=O) groups is 4. The van der Waals surface area contributed by atoms with Gasteiger partial charge in [0.25, 0.3) is 17.7 Å². The molecule has 160 valence electrons. The van der Waals surface area contributed by atoms with Crippen LogP contribution in [0.5, 0.6) is 0 Å². The standard InChI is InChI=1S/C23H22N2O6/c1-2-30-23(29)15-5-3-6-16(11-15)24-20(26)14-8-9-18-19(12-14)22(28)25(21(18)27)13-17-7-4-10-31-17/h3,5-6,8-9,11-12,17H,2,4,7,10,13H2,1H3,(H,24,26)/t17-/m0/s1. The van der Waals surface area contributed by atoms with Gasteiger partial charge in [0.15, 0.2) is 0 Å². The molecule has 0 radical (unpaired) electrons. The first-order valence-electron chi connectivity index (χ1n) is 10.2. The van der Waals surface area contributed by atoms with Gasteiger partial charge in [0.1, 0.15) is 0 Å². The molecule has 0 saturated carbocycles. The van der Waals surface area contributed by atoms with Crippen molar-refractivity contribution in [1.82, 2.24) is 4.90 Å². The minimum Gasteiger partial charge on any atom is -0.462 e. The van der Waals surface area contributed by atoms with Gasteiger partial charge < -0.3 is 14.8 Å². The van der Waals surface area contributed by atoms with Crippen LogP contribution in [0.15, 0.2) is 42.5 Å². The number of carbonyl (C=O) groups excluding carboxylic acids is 4. The van der Waals surface area contributed by atoms with Gasteiger partial charge in [-0.2, -0.15) is 0 Å². The van der Waals surface area contributed by atoms with Crippen molar-refractivity contribution in [3.8, 4) is 0 Å². The molecule has 2 aliphatic heterocycles. The number of hydrogen-bond acceptors (Lipinski definition) is 6. The average Bonchev–Trinajstić information content (AvgIpc) is 3.37. The fourth-order valence-electron chi connectivity index (χ4n) is 3.73. The molecule has 4 rings (SSSR count). The highest BCUT2D eigenvalue weighted by Crippen LogP contribution is 2.26. The smallest absolute Gasteiger partial charge is 0.338 e. The van der Waals surface area contributed by atoms with Crippen LogP contribution in [0.4, 0.5) is 5.69 Å². The molecular formula is C23H22N2O6. The zero-order chi connectivity index (χ0) is 22.0. The number of anilines is 1. The van der Waals surface area contributed by atoms with Crippen molar-refractivity contribution < 1.29 is 28.7 Å². The average molecular weight is 422 g/mol. The third kappa shape index (κ3) is 4.20. The molecule has 1 atom stereocenters. The Morgan fingerprint density at radius 1 is 1.10 bits per heavy atom. The fraction of sp³-hybridized carbons (Fsp3) is 0.304. The van der Waals surface area contributed by atoms with Crippen LogP contribution in [0.3, 0.4) is 0 Å². The maximum Gasteiger partial charge on any atom is 0.338 e. The van der Waals surface area contributed by atoms with E-state index >= 15 is 0 Å². The van der Waals surface area contributed by atoms with E-state index in [-0.39, 0.29) is 41.9 Å². The number of benzene rings is 2. The molecule has 0 aliphatic carbocycles. The summed E-state index contributed by atoms with van der Waals surface area (Å²) < 4.78 is 10.5. The molecule has 2 aromatic rings. The van der Waals surface area contributed by atoms with Crippen molar-refractivity contribution in [2.45, 2.75) is 25.9 Å². The van der Waals surface area contributed by atoms with Gasteiger partial charge in [-0.25, -0.2) is 4.79 Å². The van der Waals surface area contributed by atoms with E-state index in [0.29, 0.717) is 17.9 Å². The van der Waals surface area contributed by atoms with Crippen LogP contribution < -0.4 is 5.32 Å². The van der Waals surface area contributed by atoms with Gasteiger partial charge in [-0.15, -0.1) is 0 Å². The van der Waals surface area contributed by atoms with E-state index < -0.39 is 17.8 Å². The summed E-state index contributed by atoms with van der Waals surface area (Å²) in [6.07, 6.45) is 1.58. The first kappa shape index (κ1) is 20.7. The van der Waals surface area contributed by atoms with Crippen molar-refractivity contribution in [2.75, 3.05) is 25.1 Å². The molecule has 8 heteroatoms. The summed E-state index contributed by atoms with van der Waals surface area (Å²) in [4.78, 5) is 51.2. The van der Waals surface area contributed by atoms with E-state index in [0.717, 1.165) is 12.8 Å². The third-order valence-corrected chi connectivity index (χ3v) is 5.27. The normalized spacial score (nSPS) is 17.6. The van der Waals surface area contributed by atoms with Gasteiger partial charge >= 0.3 is 5.97 Å². The van der Waals surface area contributed by atoms with E-state index in [2.05, 4.69) is 5.32 Å². The van der Waals surface area contributed by atoms with Gasteiger partial charge in [0.05, 0.1) is 35.9 Å². The molecular weight excluding hydrogens is 400 g/mol. The Bertz CT molecular complexity index is 1060. The number of ether oxygens (including phenoxy) is 2. The fourth-order valence-corrected chi connectivity index (χ4v) is 3.73. The molecule has 1 fully saturated rings. The lowest BCUT2D eigenvalue weighted by molar-refractivity contribution is 0.0474. The van der Waals surface area contributed by atoms with E-state index in [1.165, 1.54) is 29.2 Å². The molecule has 3 amide bonds. The lowest BCUT2D eigenvalue weighted by Crippen LogP contribution is -2.36. The lowest BCUT2D eigenvalue weighted by atomic mass is 10.1. The molecule has 1 N–H and O–H groups in total. The molecule has 1 saturated heterocycles. The zero-order valence-electron chi connectivity index (χ0n) is 17.1. The van der Waals surface area contributed by atoms with Gasteiger partial charge in [-0.05, 0) is 56.2 Å². The van der Waals surface area contributed by atoms with Crippen molar-refractivity contribution in [1.29, 1.82) is 0 Å². The van der Waals surface area contributed by atoms with Gasteiger partial charge in [-0.1, -0.05) is 6.07 Å². The minimum absolute atomic E-state index is 0.142. The molecule has 31 heavy (non-hydrogen) atoms. The second kappa shape index (κ2) is 8.69. The number of imide groups is 1. The molecule has 2 heterocycles. The highest BCUT2D eigenvalue weighted by Gasteiger charge is 2.37. The molecule has 0 bridgehead atoms. The number of fused-ring (bicyclic) bond motifs is 1. The van der Waals surface area contributed by atoms with Crippen LogP contribution >= 0.6 is 0 Å². The summed E-state index contributed by atoms with van der Waals surface area (Å²) in [7, 11) is 0. The number of rotatable bonds is 6. The number of nitrogens with one attached hydrogen (secondary N) is 1. The second-order valence-corrected chi connectivity index (χ2v) is 7.37. The Balaban J connectivity index is 1.50. The maximum atomic E-state index is 12.8. The van der Waals surface area contributed by atoms with Crippen LogP contribution in [0, 0.1) is 0 Å². The third-order valence-electron chi connectivity index (χ3n) is 5.27. The Hall–Kier alpha value is -3.52. The number of nitrogens with zero attached hydrogens (tertiary/aromatic N) is 1. The van der Waals surface area contributed by atoms with Crippen LogP contribution in [-0.4, -0.2) is 54.5 Å². The largest absolute Gasteiger partial charge is 0.462 e. The quantitative estimate of drug-likeness (QED) is 0.567. The molecule has 0 spiro atoms. The summed E-state index contributed by atoms with van der Waals surface area (Å²) in [5.41, 5.74) is 1.46. The van der Waals surface area contributed by atoms with Crippen LogP contribution in [0.1, 0.15) is 61.2 Å². The highest BCUT2D eigenvalue weighted by molar-refractivity contribution is 6.22. The first-order valence-corrected chi connectivity index (χ1v) is 10.2. The van der Waals surface area contributed by atoms with Crippen molar-refractivity contribution in [2.24, 2.45) is 0 Å². The molecule has 0 aromatic heterocycles. The lowest BCUT2D eigenvalue weighted by Gasteiger charge is -2.17. The summed E-state index contributed by atoms with van der Waals surface area (Å²) >= 11 is 0. The summed E-state index contributed by atoms with van der Waals surface area (Å²) in [5, 5.41) is 2.71. The number of amides is 3. The zero-order valence-corrected chi connectivity index (χ0v) is 17.1. The van der Waals surface area contributed by atoms with Crippen LogP contribution in [0.2, 0.25) is 0 Å². The Morgan fingerprint density at radius 3 is 2.65 bits per heavy atom. The molecule has 0 unspecified atom stereocenters. The summed E-state index contributed by atoms with van der Waals surface area (Å²) in [5.74, 6) is -1.73. The Labute approximate surface area is 179 Å². The molecule has 8 nitrogen and oxygen atoms in total. The Morgan fingerprint density at radius 2 is 1.90 bits per heavy atom. The Kier molecular flexibility index (Phi) is 5.81. The first-order chi connectivity index (χ1) is 15.0. The van der Waals surface area contributed by atoms with Crippen molar-refractivity contribution in [3.63, 3.8) is 0 Å². The van der Waals surface area contributed by atoms with Crippen molar-refractivity contribution >= 4 is 29.4 Å². The van der Waals surface area contributed by atoms with Gasteiger partial charge in [-0.3, -0.25) is 19.3 Å². The number of esters is 1. The van der Waals surface area contributed by atoms with Gasteiger partial charge in [0, 0.05) is 17.9 Å². The topological polar surface area (TPSA) is 102 Å². The number of hydrogen-bond donors (Lipinski definition) is 1. The van der Waals surface area contributed by atoms with E-state index in [1.807, 2.05) is 0 Å². The van der Waals surface area contributed by atoms with E-state index in [1.54, 1.807) is 25.1 Å². The van der Waals surface area contributed by atoms with Crippen LogP contribution in [-0.2, 0) is 9.47 Å².